The van der Waals surface area contributed by atoms with Crippen LogP contribution in [0.1, 0.15) is 16.8 Å². The molecule has 0 bridgehead atoms. The highest BCUT2D eigenvalue weighted by atomic mass is 32.2. The molecule has 8 heteroatoms. The Bertz CT molecular complexity index is 446. The molecule has 1 aromatic carbocycles. The van der Waals surface area contributed by atoms with Crippen molar-refractivity contribution in [1.29, 1.82) is 0 Å². The lowest BCUT2D eigenvalue weighted by Crippen LogP contribution is -2.30. The van der Waals surface area contributed by atoms with Crippen LogP contribution in [-0.2, 0) is 0 Å². The van der Waals surface area contributed by atoms with Crippen molar-refractivity contribution in [3.63, 3.8) is 0 Å². The first-order valence-electron chi connectivity index (χ1n) is 5.56. The normalized spacial score (nSPS) is 11.8. The summed E-state index contributed by atoms with van der Waals surface area (Å²) in [4.78, 5) is 13.0. The van der Waals surface area contributed by atoms with Crippen molar-refractivity contribution in [2.24, 2.45) is 0 Å². The molecule has 0 atom stereocenters. The molecule has 0 aliphatic carbocycles. The van der Waals surface area contributed by atoms with Crippen LogP contribution in [0.25, 0.3) is 0 Å². The van der Waals surface area contributed by atoms with E-state index < -0.39 is 30.8 Å². The molecule has 112 valence electrons. The van der Waals surface area contributed by atoms with Crippen LogP contribution in [0.3, 0.4) is 0 Å². The maximum atomic E-state index is 12.1. The number of benzene rings is 1. The Labute approximate surface area is 116 Å². The minimum Gasteiger partial charge on any atom is -0.341 e. The zero-order chi connectivity index (χ0) is 15.3. The third-order valence-electron chi connectivity index (χ3n) is 2.40. The van der Waals surface area contributed by atoms with Crippen LogP contribution in [0.15, 0.2) is 29.2 Å². The summed E-state index contributed by atoms with van der Waals surface area (Å²) in [5.74, 6) is -3.14. The molecule has 0 saturated heterocycles. The molecule has 0 aromatic heterocycles. The molecule has 0 N–H and O–H groups in total. The molecule has 2 nitrogen and oxygen atoms in total. The van der Waals surface area contributed by atoms with Gasteiger partial charge in [0.05, 0.1) is 6.42 Å². The largest absolute Gasteiger partial charge is 0.390 e. The van der Waals surface area contributed by atoms with Gasteiger partial charge in [0, 0.05) is 24.1 Å². The van der Waals surface area contributed by atoms with Gasteiger partial charge in [-0.2, -0.15) is 22.0 Å². The van der Waals surface area contributed by atoms with Gasteiger partial charge in [-0.05, 0) is 24.3 Å². The van der Waals surface area contributed by atoms with Gasteiger partial charge in [-0.1, -0.05) is 11.8 Å². The summed E-state index contributed by atoms with van der Waals surface area (Å²) in [6.45, 7) is -0.449. The van der Waals surface area contributed by atoms with E-state index in [1.165, 1.54) is 31.3 Å². The second-order valence-corrected chi connectivity index (χ2v) is 5.06. The third-order valence-corrected chi connectivity index (χ3v) is 3.13. The van der Waals surface area contributed by atoms with Gasteiger partial charge in [-0.25, -0.2) is 0 Å². The molecule has 0 aliphatic rings. The van der Waals surface area contributed by atoms with E-state index in [4.69, 9.17) is 0 Å². The van der Waals surface area contributed by atoms with Crippen LogP contribution >= 0.6 is 11.8 Å². The predicted molar refractivity (Wildman–Crippen MR) is 65.9 cm³/mol. The summed E-state index contributed by atoms with van der Waals surface area (Å²) in [7, 11) is 1.26. The maximum absolute atomic E-state index is 12.1. The van der Waals surface area contributed by atoms with E-state index in [0.717, 1.165) is 4.90 Å². The second kappa shape index (κ2) is 6.92. The van der Waals surface area contributed by atoms with E-state index in [1.54, 1.807) is 0 Å². The topological polar surface area (TPSA) is 20.3 Å². The minimum absolute atomic E-state index is 0.160. The number of amides is 1. The Kier molecular flexibility index (Phi) is 5.79. The minimum atomic E-state index is -4.33. The number of hydrogen-bond acceptors (Lipinski definition) is 2. The molecule has 1 rings (SSSR count). The van der Waals surface area contributed by atoms with Crippen molar-refractivity contribution in [3.8, 4) is 0 Å². The van der Waals surface area contributed by atoms with E-state index in [-0.39, 0.29) is 10.5 Å². The van der Waals surface area contributed by atoms with Gasteiger partial charge in [0.15, 0.2) is 0 Å². The van der Waals surface area contributed by atoms with Crippen molar-refractivity contribution in [3.05, 3.63) is 29.8 Å². The SMILES string of the molecule is CN(CCC(F)(F)F)C(=O)c1ccc(SC(F)F)cc1. The van der Waals surface area contributed by atoms with E-state index in [2.05, 4.69) is 0 Å². The number of nitrogens with zero attached hydrogens (tertiary/aromatic N) is 1. The molecule has 0 radical (unpaired) electrons. The average molecular weight is 313 g/mol. The number of carbonyl (C=O) groups excluding carboxylic acids is 1. The molecule has 0 unspecified atom stereocenters. The highest BCUT2D eigenvalue weighted by Crippen LogP contribution is 2.25. The molecule has 1 amide bonds. The Balaban J connectivity index is 2.63. The van der Waals surface area contributed by atoms with Crippen molar-refractivity contribution in [2.45, 2.75) is 23.3 Å². The number of hydrogen-bond donors (Lipinski definition) is 0. The Hall–Kier alpha value is -1.31. The monoisotopic (exact) mass is 313 g/mol. The summed E-state index contributed by atoms with van der Waals surface area (Å²) in [5, 5.41) is 0. The maximum Gasteiger partial charge on any atom is 0.390 e. The number of alkyl halides is 5. The highest BCUT2D eigenvalue weighted by molar-refractivity contribution is 7.99. The lowest BCUT2D eigenvalue weighted by atomic mass is 10.2. The van der Waals surface area contributed by atoms with Crippen LogP contribution in [-0.4, -0.2) is 36.3 Å². The van der Waals surface area contributed by atoms with Gasteiger partial charge in [0.1, 0.15) is 0 Å². The first-order valence-corrected chi connectivity index (χ1v) is 6.44. The quantitative estimate of drug-likeness (QED) is 0.604. The lowest BCUT2D eigenvalue weighted by molar-refractivity contribution is -0.136. The van der Waals surface area contributed by atoms with Gasteiger partial charge < -0.3 is 4.90 Å². The van der Waals surface area contributed by atoms with E-state index in [0.29, 0.717) is 11.8 Å². The van der Waals surface area contributed by atoms with Crippen LogP contribution < -0.4 is 0 Å². The molecular formula is C12H12F5NOS. The first-order chi connectivity index (χ1) is 9.19. The molecule has 0 fully saturated rings. The highest BCUT2D eigenvalue weighted by Gasteiger charge is 2.28. The Morgan fingerprint density at radius 3 is 2.25 bits per heavy atom. The van der Waals surface area contributed by atoms with E-state index in [9.17, 15) is 26.7 Å². The van der Waals surface area contributed by atoms with Gasteiger partial charge in [-0.15, -0.1) is 0 Å². The van der Waals surface area contributed by atoms with Gasteiger partial charge in [-0.3, -0.25) is 4.79 Å². The lowest BCUT2D eigenvalue weighted by Gasteiger charge is -2.18. The summed E-state index contributed by atoms with van der Waals surface area (Å²) < 4.78 is 60.3. The van der Waals surface area contributed by atoms with Crippen molar-refractivity contribution in [2.75, 3.05) is 13.6 Å². The van der Waals surface area contributed by atoms with E-state index >= 15 is 0 Å². The average Bonchev–Trinajstić information content (AvgIpc) is 2.34. The summed E-state index contributed by atoms with van der Waals surface area (Å²) >= 11 is 0.334. The standard InChI is InChI=1S/C12H12F5NOS/c1-18(7-6-12(15,16)17)10(19)8-2-4-9(5-3-8)20-11(13)14/h2-5,11H,6-7H2,1H3. The summed E-state index contributed by atoms with van der Waals surface area (Å²) in [6, 6.07) is 5.30. The molecule has 0 heterocycles. The zero-order valence-corrected chi connectivity index (χ0v) is 11.3. The van der Waals surface area contributed by atoms with Crippen LogP contribution in [0.2, 0.25) is 0 Å². The molecular weight excluding hydrogens is 301 g/mol. The molecule has 0 saturated carbocycles. The number of carbonyl (C=O) groups is 1. The smallest absolute Gasteiger partial charge is 0.341 e. The number of rotatable bonds is 5. The fraction of sp³-hybridized carbons (Fsp3) is 0.417. The zero-order valence-electron chi connectivity index (χ0n) is 10.5. The van der Waals surface area contributed by atoms with Crippen LogP contribution in [0, 0.1) is 0 Å². The fourth-order valence-electron chi connectivity index (χ4n) is 1.40. The predicted octanol–water partition coefficient (Wildman–Crippen LogP) is 4.03. The molecule has 0 spiro atoms. The van der Waals surface area contributed by atoms with Crippen molar-refractivity contribution in [1.82, 2.24) is 4.90 Å². The van der Waals surface area contributed by atoms with Gasteiger partial charge in [0.25, 0.3) is 11.7 Å². The van der Waals surface area contributed by atoms with E-state index in [1.807, 2.05) is 0 Å². The molecule has 0 aliphatic heterocycles. The third kappa shape index (κ3) is 5.77. The summed E-state index contributed by atoms with van der Waals surface area (Å²) in [5.41, 5.74) is 0.160. The van der Waals surface area contributed by atoms with Crippen molar-refractivity contribution < 1.29 is 26.7 Å². The van der Waals surface area contributed by atoms with Gasteiger partial charge in [0.2, 0.25) is 0 Å². The first kappa shape index (κ1) is 16.7. The Morgan fingerprint density at radius 1 is 1.25 bits per heavy atom. The Morgan fingerprint density at radius 2 is 1.80 bits per heavy atom. The second-order valence-electron chi connectivity index (χ2n) is 3.99. The number of thioether (sulfide) groups is 1. The van der Waals surface area contributed by atoms with Crippen molar-refractivity contribution >= 4 is 17.7 Å². The summed E-state index contributed by atoms with van der Waals surface area (Å²) in [6.07, 6.45) is -5.42. The van der Waals surface area contributed by atoms with Crippen LogP contribution in [0.5, 0.6) is 0 Å². The number of halogens is 5. The molecule has 1 aromatic rings. The molecule has 20 heavy (non-hydrogen) atoms. The van der Waals surface area contributed by atoms with Gasteiger partial charge >= 0.3 is 6.18 Å². The van der Waals surface area contributed by atoms with Crippen LogP contribution in [0.4, 0.5) is 22.0 Å². The fourth-order valence-corrected chi connectivity index (χ4v) is 1.89.